The Morgan fingerprint density at radius 1 is 0.958 bits per heavy atom. The largest absolute Gasteiger partial charge is 0.493 e. The number of aromatic nitrogens is 2. The molecule has 3 aromatic carbocycles. The van der Waals surface area contributed by atoms with Crippen LogP contribution < -0.4 is 41.3 Å². The molecule has 0 aliphatic heterocycles. The number of hydrogen-bond acceptors (Lipinski definition) is 9. The number of fused-ring (bicyclic) bond motifs is 4. The second kappa shape index (κ2) is 14.5. The molecule has 1 aliphatic carbocycles. The molecule has 0 saturated heterocycles. The number of aryl methyl sites for hydroxylation is 3. The van der Waals surface area contributed by atoms with Gasteiger partial charge in [0.15, 0.2) is 11.5 Å². The predicted octanol–water partition coefficient (Wildman–Crippen LogP) is 4.23. The average molecular weight is 676 g/mol. The molecule has 48 heavy (non-hydrogen) atoms. The van der Waals surface area contributed by atoms with Crippen molar-refractivity contribution in [3.8, 4) is 28.4 Å². The molecule has 5 rings (SSSR count). The topological polar surface area (TPSA) is 142 Å². The van der Waals surface area contributed by atoms with E-state index in [-0.39, 0.29) is 28.6 Å². The van der Waals surface area contributed by atoms with Crippen molar-refractivity contribution in [3.05, 3.63) is 74.3 Å². The number of anilines is 2. The lowest BCUT2D eigenvalue weighted by Crippen LogP contribution is -2.36. The van der Waals surface area contributed by atoms with Crippen LogP contribution in [-0.2, 0) is 30.1 Å². The summed E-state index contributed by atoms with van der Waals surface area (Å²) in [6.07, 6.45) is 3.50. The van der Waals surface area contributed by atoms with Crippen molar-refractivity contribution < 1.29 is 23.8 Å². The Balaban J connectivity index is 1.57. The van der Waals surface area contributed by atoms with E-state index >= 15 is 0 Å². The zero-order chi connectivity index (χ0) is 34.7. The van der Waals surface area contributed by atoms with E-state index in [9.17, 15) is 19.2 Å². The van der Waals surface area contributed by atoms with Crippen LogP contribution in [0.3, 0.4) is 0 Å². The molecule has 254 valence electrons. The number of ether oxygens (including phenoxy) is 3. The van der Waals surface area contributed by atoms with Crippen molar-refractivity contribution in [1.82, 2.24) is 14.5 Å². The summed E-state index contributed by atoms with van der Waals surface area (Å²) in [6.45, 7) is 1.45. The quantitative estimate of drug-likeness (QED) is 0.213. The lowest BCUT2D eigenvalue weighted by Gasteiger charge is -2.19. The SMILES string of the molecule is COc1cc2c(c(OC)c1OC)-c1ccc(N[C@H](CCSC)C(=O)Nc3ccc4c(c3)n(C)c(=O)n4C)c(=O)cc1[C@H](NC(C)=O)CC2. The van der Waals surface area contributed by atoms with E-state index in [1.807, 2.05) is 18.4 Å². The molecule has 0 radical (unpaired) electrons. The van der Waals surface area contributed by atoms with Crippen molar-refractivity contribution in [2.75, 3.05) is 44.0 Å². The Labute approximate surface area is 282 Å². The van der Waals surface area contributed by atoms with Crippen molar-refractivity contribution in [2.45, 2.75) is 38.3 Å². The van der Waals surface area contributed by atoms with Crippen molar-refractivity contribution in [3.63, 3.8) is 0 Å². The van der Waals surface area contributed by atoms with E-state index in [4.69, 9.17) is 14.2 Å². The summed E-state index contributed by atoms with van der Waals surface area (Å²) in [7, 11) is 8.02. The Hall–Kier alpha value is -4.91. The molecule has 2 amide bonds. The first-order chi connectivity index (χ1) is 23.0. The molecular weight excluding hydrogens is 634 g/mol. The van der Waals surface area contributed by atoms with Gasteiger partial charge in [-0.05, 0) is 84.4 Å². The number of benzene rings is 2. The second-order valence-electron chi connectivity index (χ2n) is 11.7. The maximum absolute atomic E-state index is 13.9. The molecule has 0 saturated carbocycles. The zero-order valence-corrected chi connectivity index (χ0v) is 29.0. The van der Waals surface area contributed by atoms with E-state index < -0.39 is 12.1 Å². The molecular formula is C35H41N5O7S. The van der Waals surface area contributed by atoms with E-state index in [0.29, 0.717) is 64.6 Å². The standard InChI is InChI=1S/C35H41N5O7S/c1-19(41)36-24-11-8-20-16-30(45-4)32(46-5)33(47-6)31(20)22-10-12-25(29(42)18-23(22)24)38-26(14-15-48-7)34(43)37-21-9-13-27-28(17-21)40(3)35(44)39(27)2/h9-10,12-13,16-18,24,26H,8,11,14-15H2,1-7H3,(H,36,41)(H,37,43)(H,38,42)/t24-,26-/m1/s1. The van der Waals surface area contributed by atoms with Gasteiger partial charge in [0.2, 0.25) is 23.0 Å². The molecule has 13 heteroatoms. The van der Waals surface area contributed by atoms with Crippen LogP contribution in [0.2, 0.25) is 0 Å². The third-order valence-electron chi connectivity index (χ3n) is 8.71. The van der Waals surface area contributed by atoms with Gasteiger partial charge in [0.1, 0.15) is 6.04 Å². The van der Waals surface area contributed by atoms with Crippen LogP contribution in [-0.4, -0.2) is 60.3 Å². The molecule has 1 aliphatic rings. The number of hydrogen-bond donors (Lipinski definition) is 3. The lowest BCUT2D eigenvalue weighted by molar-refractivity contribution is -0.120. The normalized spacial score (nSPS) is 14.3. The van der Waals surface area contributed by atoms with Gasteiger partial charge in [-0.25, -0.2) is 4.79 Å². The molecule has 1 heterocycles. The minimum absolute atomic E-state index is 0.162. The van der Waals surface area contributed by atoms with E-state index in [1.165, 1.54) is 24.7 Å². The number of rotatable bonds is 11. The van der Waals surface area contributed by atoms with Crippen molar-refractivity contribution in [1.29, 1.82) is 0 Å². The minimum atomic E-state index is -0.750. The molecule has 1 aromatic heterocycles. The number of nitrogens with zero attached hydrogens (tertiary/aromatic N) is 2. The van der Waals surface area contributed by atoms with Crippen LogP contribution in [0.1, 0.15) is 36.9 Å². The molecule has 4 aromatic rings. The molecule has 0 unspecified atom stereocenters. The van der Waals surface area contributed by atoms with Crippen LogP contribution in [0.4, 0.5) is 11.4 Å². The fourth-order valence-electron chi connectivity index (χ4n) is 6.33. The molecule has 0 fully saturated rings. The summed E-state index contributed by atoms with van der Waals surface area (Å²) in [4.78, 5) is 52.3. The summed E-state index contributed by atoms with van der Waals surface area (Å²) in [5.41, 5.74) is 4.66. The Bertz CT molecular complexity index is 2000. The number of methoxy groups -OCH3 is 3. The summed E-state index contributed by atoms with van der Waals surface area (Å²) in [5.74, 6) is 1.50. The maximum Gasteiger partial charge on any atom is 0.328 e. The van der Waals surface area contributed by atoms with Gasteiger partial charge < -0.3 is 30.2 Å². The number of imidazole rings is 1. The van der Waals surface area contributed by atoms with E-state index in [1.54, 1.807) is 68.9 Å². The highest BCUT2D eigenvalue weighted by Crippen LogP contribution is 2.50. The van der Waals surface area contributed by atoms with Crippen LogP contribution in [0.15, 0.2) is 52.1 Å². The summed E-state index contributed by atoms with van der Waals surface area (Å²) >= 11 is 1.59. The summed E-state index contributed by atoms with van der Waals surface area (Å²) in [6, 6.07) is 11.0. The lowest BCUT2D eigenvalue weighted by atomic mass is 9.95. The van der Waals surface area contributed by atoms with Gasteiger partial charge in [0.25, 0.3) is 0 Å². The monoisotopic (exact) mass is 675 g/mol. The van der Waals surface area contributed by atoms with Crippen LogP contribution >= 0.6 is 11.8 Å². The van der Waals surface area contributed by atoms with Gasteiger partial charge in [-0.15, -0.1) is 0 Å². The number of amides is 2. The summed E-state index contributed by atoms with van der Waals surface area (Å²) < 4.78 is 20.2. The molecule has 0 spiro atoms. The number of carbonyl (C=O) groups is 2. The highest BCUT2D eigenvalue weighted by molar-refractivity contribution is 7.98. The Morgan fingerprint density at radius 3 is 2.35 bits per heavy atom. The van der Waals surface area contributed by atoms with Gasteiger partial charge in [-0.3, -0.25) is 23.5 Å². The van der Waals surface area contributed by atoms with Crippen LogP contribution in [0, 0.1) is 0 Å². The molecule has 12 nitrogen and oxygen atoms in total. The first kappa shape index (κ1) is 34.4. The average Bonchev–Trinajstić information content (AvgIpc) is 3.18. The van der Waals surface area contributed by atoms with E-state index in [0.717, 1.165) is 16.6 Å². The number of nitrogens with one attached hydrogen (secondary N) is 3. The van der Waals surface area contributed by atoms with Gasteiger partial charge in [0.05, 0.1) is 44.1 Å². The third kappa shape index (κ3) is 6.59. The van der Waals surface area contributed by atoms with Gasteiger partial charge >= 0.3 is 5.69 Å². The first-order valence-corrected chi connectivity index (χ1v) is 16.9. The fourth-order valence-corrected chi connectivity index (χ4v) is 6.80. The fraction of sp³-hybridized carbons (Fsp3) is 0.371. The maximum atomic E-state index is 13.9. The highest BCUT2D eigenvalue weighted by Gasteiger charge is 2.30. The Morgan fingerprint density at radius 2 is 1.69 bits per heavy atom. The van der Waals surface area contributed by atoms with Gasteiger partial charge in [-0.2, -0.15) is 11.8 Å². The number of carbonyl (C=O) groups excluding carboxylic acids is 2. The minimum Gasteiger partial charge on any atom is -0.493 e. The molecule has 3 N–H and O–H groups in total. The zero-order valence-electron chi connectivity index (χ0n) is 28.2. The number of thioether (sulfide) groups is 1. The third-order valence-corrected chi connectivity index (χ3v) is 9.36. The second-order valence-corrected chi connectivity index (χ2v) is 12.7. The Kier molecular flexibility index (Phi) is 10.4. The van der Waals surface area contributed by atoms with Gasteiger partial charge in [-0.1, -0.05) is 6.07 Å². The first-order valence-electron chi connectivity index (χ1n) is 15.5. The predicted molar refractivity (Wildman–Crippen MR) is 190 cm³/mol. The van der Waals surface area contributed by atoms with Crippen molar-refractivity contribution in [2.24, 2.45) is 14.1 Å². The highest BCUT2D eigenvalue weighted by atomic mass is 32.2. The molecule has 0 bridgehead atoms. The van der Waals surface area contributed by atoms with Crippen LogP contribution in [0.5, 0.6) is 17.2 Å². The van der Waals surface area contributed by atoms with Crippen molar-refractivity contribution >= 4 is 46.0 Å². The van der Waals surface area contributed by atoms with Crippen LogP contribution in [0.25, 0.3) is 22.2 Å². The van der Waals surface area contributed by atoms with E-state index in [2.05, 4.69) is 16.0 Å². The van der Waals surface area contributed by atoms with Gasteiger partial charge in [0, 0.05) is 32.3 Å². The summed E-state index contributed by atoms with van der Waals surface area (Å²) in [5, 5.41) is 9.19. The smallest absolute Gasteiger partial charge is 0.328 e. The molecule has 2 atom stereocenters.